The Morgan fingerprint density at radius 3 is 3.23 bits per heavy atom. The maximum atomic E-state index is 4.60. The fraction of sp³-hybridized carbons (Fsp3) is 0.700. The molecule has 1 aromatic heterocycles. The lowest BCUT2D eigenvalue weighted by Gasteiger charge is -2.16. The lowest BCUT2D eigenvalue weighted by atomic mass is 9.89. The van der Waals surface area contributed by atoms with Crippen LogP contribution in [0.1, 0.15) is 36.4 Å². The van der Waals surface area contributed by atoms with Crippen LogP contribution in [-0.4, -0.2) is 11.0 Å². The molecule has 2 fully saturated rings. The summed E-state index contributed by atoms with van der Waals surface area (Å²) < 4.78 is 0. The number of hydrogen-bond donors (Lipinski definition) is 1. The molecule has 13 heavy (non-hydrogen) atoms. The second-order valence-corrected chi connectivity index (χ2v) is 5.07. The van der Waals surface area contributed by atoms with E-state index in [4.69, 9.17) is 0 Å². The van der Waals surface area contributed by atoms with Gasteiger partial charge >= 0.3 is 0 Å². The van der Waals surface area contributed by atoms with E-state index in [1.165, 1.54) is 36.4 Å². The second-order valence-electron chi connectivity index (χ2n) is 4.21. The van der Waals surface area contributed by atoms with Gasteiger partial charge in [0, 0.05) is 17.1 Å². The number of nitrogens with zero attached hydrogens (tertiary/aromatic N) is 1. The van der Waals surface area contributed by atoms with Gasteiger partial charge in [-0.3, -0.25) is 5.32 Å². The molecule has 3 heteroatoms. The van der Waals surface area contributed by atoms with Gasteiger partial charge in [-0.05, 0) is 19.8 Å². The van der Waals surface area contributed by atoms with Gasteiger partial charge in [-0.2, -0.15) is 0 Å². The summed E-state index contributed by atoms with van der Waals surface area (Å²) in [7, 11) is 0. The maximum absolute atomic E-state index is 4.60. The lowest BCUT2D eigenvalue weighted by molar-refractivity contribution is 0.464. The van der Waals surface area contributed by atoms with Crippen LogP contribution in [0.15, 0.2) is 5.38 Å². The third kappa shape index (κ3) is 1.07. The van der Waals surface area contributed by atoms with Crippen LogP contribution >= 0.6 is 11.3 Å². The van der Waals surface area contributed by atoms with E-state index in [1.807, 2.05) is 11.3 Å². The number of thiazole rings is 1. The smallest absolute Gasteiger partial charge is 0.115 e. The molecule has 0 amide bonds. The van der Waals surface area contributed by atoms with E-state index in [2.05, 4.69) is 22.6 Å². The van der Waals surface area contributed by atoms with Crippen LogP contribution < -0.4 is 5.32 Å². The highest BCUT2D eigenvalue weighted by Gasteiger charge is 2.57. The monoisotopic (exact) mass is 194 g/mol. The van der Waals surface area contributed by atoms with Crippen LogP contribution in [0, 0.1) is 6.92 Å². The SMILES string of the molecule is Cc1csc(C23CCCCC2N3)n1. The zero-order valence-electron chi connectivity index (χ0n) is 7.84. The first-order valence-corrected chi connectivity index (χ1v) is 5.89. The van der Waals surface area contributed by atoms with Crippen molar-refractivity contribution in [2.75, 3.05) is 0 Å². The highest BCUT2D eigenvalue weighted by molar-refractivity contribution is 7.09. The molecule has 1 N–H and O–H groups in total. The summed E-state index contributed by atoms with van der Waals surface area (Å²) >= 11 is 1.82. The molecule has 0 spiro atoms. The Kier molecular flexibility index (Phi) is 1.56. The van der Waals surface area contributed by atoms with E-state index >= 15 is 0 Å². The van der Waals surface area contributed by atoms with Crippen LogP contribution in [0.4, 0.5) is 0 Å². The average molecular weight is 194 g/mol. The zero-order chi connectivity index (χ0) is 8.89. The Morgan fingerprint density at radius 1 is 1.62 bits per heavy atom. The molecule has 1 aromatic rings. The highest BCUT2D eigenvalue weighted by Crippen LogP contribution is 2.48. The van der Waals surface area contributed by atoms with Gasteiger partial charge in [-0.25, -0.2) is 4.98 Å². The van der Waals surface area contributed by atoms with Crippen molar-refractivity contribution in [3.05, 3.63) is 16.1 Å². The molecule has 3 rings (SSSR count). The summed E-state index contributed by atoms with van der Waals surface area (Å²) in [5, 5.41) is 7.11. The lowest BCUT2D eigenvalue weighted by Crippen LogP contribution is -2.17. The normalized spacial score (nSPS) is 37.2. The van der Waals surface area contributed by atoms with Crippen molar-refractivity contribution in [1.82, 2.24) is 10.3 Å². The Labute approximate surface area is 82.4 Å². The van der Waals surface area contributed by atoms with Crippen molar-refractivity contribution in [2.24, 2.45) is 0 Å². The molecule has 2 heterocycles. The zero-order valence-corrected chi connectivity index (χ0v) is 8.66. The quantitative estimate of drug-likeness (QED) is 0.695. The van der Waals surface area contributed by atoms with E-state index in [1.54, 1.807) is 0 Å². The van der Waals surface area contributed by atoms with E-state index in [0.717, 1.165) is 6.04 Å². The van der Waals surface area contributed by atoms with Crippen LogP contribution in [0.5, 0.6) is 0 Å². The standard InChI is InChI=1S/C10H14N2S/c1-7-6-13-9(11-7)10-5-3-2-4-8(10)12-10/h6,8,12H,2-5H2,1H3. The maximum Gasteiger partial charge on any atom is 0.115 e. The van der Waals surface area contributed by atoms with Crippen molar-refractivity contribution in [3.8, 4) is 0 Å². The molecule has 2 atom stereocenters. The molecule has 1 aliphatic heterocycles. The Morgan fingerprint density at radius 2 is 2.54 bits per heavy atom. The second kappa shape index (κ2) is 2.55. The largest absolute Gasteiger partial charge is 0.299 e. The number of aromatic nitrogens is 1. The van der Waals surface area contributed by atoms with Crippen LogP contribution in [0.2, 0.25) is 0 Å². The summed E-state index contributed by atoms with van der Waals surface area (Å²) in [6.07, 6.45) is 5.40. The third-order valence-corrected chi connectivity index (χ3v) is 4.40. The summed E-state index contributed by atoms with van der Waals surface area (Å²) in [6, 6.07) is 0.742. The summed E-state index contributed by atoms with van der Waals surface area (Å²) in [6.45, 7) is 2.08. The summed E-state index contributed by atoms with van der Waals surface area (Å²) in [5.74, 6) is 0. The van der Waals surface area contributed by atoms with Crippen molar-refractivity contribution in [3.63, 3.8) is 0 Å². The molecule has 1 saturated heterocycles. The van der Waals surface area contributed by atoms with Crippen LogP contribution in [0.25, 0.3) is 0 Å². The van der Waals surface area contributed by atoms with Gasteiger partial charge in [0.15, 0.2) is 0 Å². The molecule has 0 radical (unpaired) electrons. The molecule has 2 nitrogen and oxygen atoms in total. The molecule has 70 valence electrons. The van der Waals surface area contributed by atoms with E-state index in [-0.39, 0.29) is 0 Å². The molecule has 2 aliphatic rings. The van der Waals surface area contributed by atoms with Crippen molar-refractivity contribution in [1.29, 1.82) is 0 Å². The van der Waals surface area contributed by atoms with Crippen molar-refractivity contribution >= 4 is 11.3 Å². The first kappa shape index (κ1) is 7.94. The van der Waals surface area contributed by atoms with Gasteiger partial charge in [0.05, 0.1) is 5.54 Å². The first-order chi connectivity index (χ1) is 6.31. The minimum Gasteiger partial charge on any atom is -0.299 e. The van der Waals surface area contributed by atoms with E-state index in [9.17, 15) is 0 Å². The molecule has 0 aromatic carbocycles. The molecule has 1 saturated carbocycles. The Bertz CT molecular complexity index is 333. The summed E-state index contributed by atoms with van der Waals surface area (Å²) in [4.78, 5) is 4.60. The molecule has 0 bridgehead atoms. The molecule has 1 aliphatic carbocycles. The Balaban J connectivity index is 1.93. The van der Waals surface area contributed by atoms with Crippen molar-refractivity contribution in [2.45, 2.75) is 44.2 Å². The topological polar surface area (TPSA) is 34.8 Å². The predicted octanol–water partition coefficient (Wildman–Crippen LogP) is 2.19. The van der Waals surface area contributed by atoms with Crippen LogP contribution in [0.3, 0.4) is 0 Å². The average Bonchev–Trinajstić information content (AvgIpc) is 2.74. The van der Waals surface area contributed by atoms with Gasteiger partial charge in [0.25, 0.3) is 0 Å². The van der Waals surface area contributed by atoms with Gasteiger partial charge < -0.3 is 0 Å². The number of hydrogen-bond acceptors (Lipinski definition) is 3. The minimum absolute atomic E-state index is 0.317. The van der Waals surface area contributed by atoms with Crippen molar-refractivity contribution < 1.29 is 0 Å². The number of rotatable bonds is 1. The fourth-order valence-electron chi connectivity index (χ4n) is 2.46. The Hall–Kier alpha value is -0.410. The summed E-state index contributed by atoms with van der Waals surface area (Å²) in [5.41, 5.74) is 1.49. The van der Waals surface area contributed by atoms with Gasteiger partial charge in [-0.1, -0.05) is 12.8 Å². The number of aryl methyl sites for hydroxylation is 1. The molecule has 2 unspecified atom stereocenters. The van der Waals surface area contributed by atoms with Gasteiger partial charge in [0.2, 0.25) is 0 Å². The number of fused-ring (bicyclic) bond motifs is 1. The van der Waals surface area contributed by atoms with Gasteiger partial charge in [0.1, 0.15) is 5.01 Å². The highest BCUT2D eigenvalue weighted by atomic mass is 32.1. The first-order valence-electron chi connectivity index (χ1n) is 5.01. The van der Waals surface area contributed by atoms with Crippen LogP contribution in [-0.2, 0) is 5.54 Å². The third-order valence-electron chi connectivity index (χ3n) is 3.26. The van der Waals surface area contributed by atoms with E-state index in [0.29, 0.717) is 5.54 Å². The number of nitrogens with one attached hydrogen (secondary N) is 1. The fourth-order valence-corrected chi connectivity index (χ4v) is 3.51. The van der Waals surface area contributed by atoms with E-state index < -0.39 is 0 Å². The van der Waals surface area contributed by atoms with Gasteiger partial charge in [-0.15, -0.1) is 11.3 Å². The minimum atomic E-state index is 0.317. The molecular formula is C10H14N2S. The predicted molar refractivity (Wildman–Crippen MR) is 53.9 cm³/mol. The molecular weight excluding hydrogens is 180 g/mol.